The minimum absolute atomic E-state index is 0.0989. The van der Waals surface area contributed by atoms with Gasteiger partial charge in [0.1, 0.15) is 11.9 Å². The fourth-order valence-corrected chi connectivity index (χ4v) is 1.40. The number of nitrogens with two attached hydrogens (primary N) is 1. The number of phenols is 1. The van der Waals surface area contributed by atoms with Gasteiger partial charge in [-0.3, -0.25) is 4.79 Å². The second-order valence-electron chi connectivity index (χ2n) is 4.12. The third-order valence-electron chi connectivity index (χ3n) is 2.51. The molecular formula is C12H16F2N2O3. The van der Waals surface area contributed by atoms with E-state index in [-0.39, 0.29) is 12.2 Å². The second-order valence-corrected chi connectivity index (χ2v) is 4.12. The molecule has 7 heteroatoms. The summed E-state index contributed by atoms with van der Waals surface area (Å²) in [5.41, 5.74) is 6.34. The number of aromatic hydroxyl groups is 1. The molecule has 2 unspecified atom stereocenters. The van der Waals surface area contributed by atoms with Crippen LogP contribution in [0.3, 0.4) is 0 Å². The maximum atomic E-state index is 12.0. The van der Waals surface area contributed by atoms with Gasteiger partial charge in [-0.2, -0.15) is 0 Å². The highest BCUT2D eigenvalue weighted by Gasteiger charge is 2.20. The number of amides is 1. The third kappa shape index (κ3) is 5.19. The van der Waals surface area contributed by atoms with Gasteiger partial charge in [0, 0.05) is 6.54 Å². The number of aliphatic hydroxyl groups is 1. The Morgan fingerprint density at radius 2 is 1.89 bits per heavy atom. The van der Waals surface area contributed by atoms with Crippen LogP contribution in [0.5, 0.6) is 5.75 Å². The molecule has 0 aliphatic carbocycles. The summed E-state index contributed by atoms with van der Waals surface area (Å²) in [5, 5.41) is 20.1. The summed E-state index contributed by atoms with van der Waals surface area (Å²) in [7, 11) is 0. The lowest BCUT2D eigenvalue weighted by Crippen LogP contribution is -2.45. The molecule has 1 aromatic carbocycles. The summed E-state index contributed by atoms with van der Waals surface area (Å²) in [6, 6.07) is 5.22. The highest BCUT2D eigenvalue weighted by atomic mass is 19.3. The van der Waals surface area contributed by atoms with E-state index in [1.165, 1.54) is 12.1 Å². The van der Waals surface area contributed by atoms with Crippen molar-refractivity contribution in [2.24, 2.45) is 5.73 Å². The fourth-order valence-electron chi connectivity index (χ4n) is 1.40. The Labute approximate surface area is 109 Å². The van der Waals surface area contributed by atoms with E-state index in [4.69, 9.17) is 15.9 Å². The Kier molecular flexibility index (Phi) is 5.65. The maximum Gasteiger partial charge on any atom is 0.265 e. The Balaban J connectivity index is 2.42. The molecule has 0 spiro atoms. The van der Waals surface area contributed by atoms with Crippen molar-refractivity contribution in [1.29, 1.82) is 0 Å². The highest BCUT2D eigenvalue weighted by Crippen LogP contribution is 2.10. The van der Waals surface area contributed by atoms with E-state index in [9.17, 15) is 13.6 Å². The largest absolute Gasteiger partial charge is 0.508 e. The van der Waals surface area contributed by atoms with Gasteiger partial charge in [-0.1, -0.05) is 12.1 Å². The summed E-state index contributed by atoms with van der Waals surface area (Å²) < 4.78 is 24.0. The molecule has 5 N–H and O–H groups in total. The van der Waals surface area contributed by atoms with Gasteiger partial charge in [-0.25, -0.2) is 8.78 Å². The van der Waals surface area contributed by atoms with Crippen LogP contribution >= 0.6 is 0 Å². The molecule has 2 atom stereocenters. The number of rotatable bonds is 6. The number of halogens is 2. The summed E-state index contributed by atoms with van der Waals surface area (Å²) in [5.74, 6) is -0.519. The lowest BCUT2D eigenvalue weighted by atomic mass is 10.1. The Morgan fingerprint density at radius 3 is 2.42 bits per heavy atom. The van der Waals surface area contributed by atoms with Crippen molar-refractivity contribution >= 4 is 5.91 Å². The summed E-state index contributed by atoms with van der Waals surface area (Å²) in [6.45, 7) is -0.542. The van der Waals surface area contributed by atoms with Crippen LogP contribution in [0.1, 0.15) is 5.56 Å². The molecule has 106 valence electrons. The predicted octanol–water partition coefficient (Wildman–Crippen LogP) is 0.00420. The van der Waals surface area contributed by atoms with Crippen molar-refractivity contribution in [3.63, 3.8) is 0 Å². The van der Waals surface area contributed by atoms with Crippen LogP contribution in [0.2, 0.25) is 0 Å². The summed E-state index contributed by atoms with van der Waals surface area (Å²) >= 11 is 0. The SMILES string of the molecule is NC(Cc1ccc(O)cc1)C(=O)NCC(O)C(F)F. The first-order chi connectivity index (χ1) is 8.90. The van der Waals surface area contributed by atoms with Crippen LogP contribution in [0.4, 0.5) is 8.78 Å². The van der Waals surface area contributed by atoms with Gasteiger partial charge >= 0.3 is 0 Å². The van der Waals surface area contributed by atoms with E-state index in [2.05, 4.69) is 5.32 Å². The zero-order chi connectivity index (χ0) is 14.4. The molecule has 0 fully saturated rings. The van der Waals surface area contributed by atoms with E-state index in [1.54, 1.807) is 12.1 Å². The van der Waals surface area contributed by atoms with Gasteiger partial charge in [0.2, 0.25) is 5.91 Å². The first kappa shape index (κ1) is 15.3. The summed E-state index contributed by atoms with van der Waals surface area (Å²) in [4.78, 5) is 11.5. The van der Waals surface area contributed by atoms with Gasteiger partial charge < -0.3 is 21.3 Å². The Hall–Kier alpha value is -1.73. The molecule has 0 aliphatic heterocycles. The molecule has 1 rings (SSSR count). The van der Waals surface area contributed by atoms with Crippen molar-refractivity contribution in [2.45, 2.75) is 25.0 Å². The second kappa shape index (κ2) is 7.01. The van der Waals surface area contributed by atoms with Crippen LogP contribution in [0.15, 0.2) is 24.3 Å². The lowest BCUT2D eigenvalue weighted by molar-refractivity contribution is -0.123. The molecule has 1 amide bonds. The zero-order valence-electron chi connectivity index (χ0n) is 10.1. The molecular weight excluding hydrogens is 258 g/mol. The average Bonchev–Trinajstić information content (AvgIpc) is 2.37. The van der Waals surface area contributed by atoms with Gasteiger partial charge in [0.25, 0.3) is 6.43 Å². The van der Waals surface area contributed by atoms with E-state index in [0.29, 0.717) is 0 Å². The van der Waals surface area contributed by atoms with Crippen molar-refractivity contribution in [3.8, 4) is 5.75 Å². The molecule has 1 aromatic rings. The molecule has 19 heavy (non-hydrogen) atoms. The number of carbonyl (C=O) groups is 1. The Bertz CT molecular complexity index is 412. The average molecular weight is 274 g/mol. The zero-order valence-corrected chi connectivity index (χ0v) is 10.1. The predicted molar refractivity (Wildman–Crippen MR) is 64.8 cm³/mol. The number of hydrogen-bond acceptors (Lipinski definition) is 4. The smallest absolute Gasteiger partial charge is 0.265 e. The topological polar surface area (TPSA) is 95.6 Å². The number of benzene rings is 1. The van der Waals surface area contributed by atoms with E-state index in [0.717, 1.165) is 5.56 Å². The molecule has 0 saturated heterocycles. The minimum Gasteiger partial charge on any atom is -0.508 e. The van der Waals surface area contributed by atoms with Gasteiger partial charge in [0.05, 0.1) is 6.04 Å². The van der Waals surface area contributed by atoms with E-state index >= 15 is 0 Å². The van der Waals surface area contributed by atoms with Crippen molar-refractivity contribution in [1.82, 2.24) is 5.32 Å². The van der Waals surface area contributed by atoms with Crippen LogP contribution < -0.4 is 11.1 Å². The Morgan fingerprint density at radius 1 is 1.32 bits per heavy atom. The quantitative estimate of drug-likeness (QED) is 0.587. The van der Waals surface area contributed by atoms with Crippen LogP contribution in [-0.4, -0.2) is 41.2 Å². The van der Waals surface area contributed by atoms with E-state index in [1.807, 2.05) is 0 Å². The van der Waals surface area contributed by atoms with Gasteiger partial charge in [0.15, 0.2) is 0 Å². The van der Waals surface area contributed by atoms with E-state index < -0.39 is 31.0 Å². The minimum atomic E-state index is -2.91. The molecule has 0 bridgehead atoms. The molecule has 0 aliphatic rings. The standard InChI is InChI=1S/C12H16F2N2O3/c13-11(14)10(18)6-16-12(19)9(15)5-7-1-3-8(17)4-2-7/h1-4,9-11,17-18H,5-6,15H2,(H,16,19). The highest BCUT2D eigenvalue weighted by molar-refractivity contribution is 5.81. The van der Waals surface area contributed by atoms with Crippen LogP contribution in [0, 0.1) is 0 Å². The van der Waals surface area contributed by atoms with Gasteiger partial charge in [-0.15, -0.1) is 0 Å². The number of alkyl halides is 2. The van der Waals surface area contributed by atoms with Crippen LogP contribution in [-0.2, 0) is 11.2 Å². The molecule has 5 nitrogen and oxygen atoms in total. The van der Waals surface area contributed by atoms with Gasteiger partial charge in [-0.05, 0) is 24.1 Å². The number of nitrogens with one attached hydrogen (secondary N) is 1. The molecule has 0 heterocycles. The van der Waals surface area contributed by atoms with Crippen molar-refractivity contribution in [3.05, 3.63) is 29.8 Å². The molecule has 0 saturated carbocycles. The number of hydrogen-bond donors (Lipinski definition) is 4. The number of carbonyl (C=O) groups excluding carboxylic acids is 1. The van der Waals surface area contributed by atoms with Crippen molar-refractivity contribution < 1.29 is 23.8 Å². The number of aliphatic hydroxyl groups excluding tert-OH is 1. The summed E-state index contributed by atoms with van der Waals surface area (Å²) in [6.07, 6.45) is -4.60. The molecule has 0 aromatic heterocycles. The third-order valence-corrected chi connectivity index (χ3v) is 2.51. The normalized spacial score (nSPS) is 14.2. The van der Waals surface area contributed by atoms with Crippen LogP contribution in [0.25, 0.3) is 0 Å². The first-order valence-electron chi connectivity index (χ1n) is 5.67. The first-order valence-corrected chi connectivity index (χ1v) is 5.67. The molecule has 0 radical (unpaired) electrons. The van der Waals surface area contributed by atoms with Crippen molar-refractivity contribution in [2.75, 3.05) is 6.54 Å². The lowest BCUT2D eigenvalue weighted by Gasteiger charge is -2.14. The maximum absolute atomic E-state index is 12.0. The fraction of sp³-hybridized carbons (Fsp3) is 0.417. The monoisotopic (exact) mass is 274 g/mol. The number of phenolic OH excluding ortho intramolecular Hbond substituents is 1.